The third-order valence-electron chi connectivity index (χ3n) is 3.44. The van der Waals surface area contributed by atoms with Gasteiger partial charge in [0.25, 0.3) is 0 Å². The average Bonchev–Trinajstić information content (AvgIpc) is 3.03. The monoisotopic (exact) mass is 379 g/mol. The number of anilines is 2. The Morgan fingerprint density at radius 3 is 2.38 bits per heavy atom. The lowest BCUT2D eigenvalue weighted by Gasteiger charge is -2.18. The van der Waals surface area contributed by atoms with E-state index in [4.69, 9.17) is 4.42 Å². The highest BCUT2D eigenvalue weighted by Crippen LogP contribution is 2.16. The van der Waals surface area contributed by atoms with Crippen LogP contribution in [-0.2, 0) is 26.2 Å². The summed E-state index contributed by atoms with van der Waals surface area (Å²) >= 11 is 0. The molecule has 2 N–H and O–H groups in total. The molecule has 0 aliphatic carbocycles. The zero-order valence-corrected chi connectivity index (χ0v) is 15.4. The second-order valence-corrected chi connectivity index (χ2v) is 7.72. The Labute approximate surface area is 152 Å². The van der Waals surface area contributed by atoms with Crippen molar-refractivity contribution in [2.45, 2.75) is 19.9 Å². The third-order valence-corrected chi connectivity index (χ3v) is 4.69. The summed E-state index contributed by atoms with van der Waals surface area (Å²) in [6.07, 6.45) is 2.54. The first-order chi connectivity index (χ1) is 12.2. The van der Waals surface area contributed by atoms with Crippen molar-refractivity contribution in [2.24, 2.45) is 0 Å². The minimum Gasteiger partial charge on any atom is -0.468 e. The minimum atomic E-state index is -3.48. The molecule has 0 fully saturated rings. The zero-order valence-electron chi connectivity index (χ0n) is 14.6. The molecular weight excluding hydrogens is 358 g/mol. The van der Waals surface area contributed by atoms with Crippen molar-refractivity contribution in [1.29, 1.82) is 0 Å². The number of carbonyl (C=O) groups is 2. The molecule has 2 aromatic rings. The molecule has 0 bridgehead atoms. The van der Waals surface area contributed by atoms with Gasteiger partial charge in [0.1, 0.15) is 5.76 Å². The topological polar surface area (TPSA) is 109 Å². The first kappa shape index (κ1) is 19.7. The van der Waals surface area contributed by atoms with Gasteiger partial charge in [0.15, 0.2) is 0 Å². The lowest BCUT2D eigenvalue weighted by molar-refractivity contribution is -0.116. The van der Waals surface area contributed by atoms with Crippen LogP contribution in [0.1, 0.15) is 19.1 Å². The number of furan rings is 1. The maximum absolute atomic E-state index is 12.1. The van der Waals surface area contributed by atoms with Crippen molar-refractivity contribution in [1.82, 2.24) is 4.31 Å². The molecule has 0 saturated heterocycles. The fourth-order valence-electron chi connectivity index (χ4n) is 2.27. The number of benzene rings is 1. The molecular formula is C17H21N3O5S. The van der Waals surface area contributed by atoms with Crippen LogP contribution in [0.25, 0.3) is 0 Å². The molecule has 8 nitrogen and oxygen atoms in total. The third kappa shape index (κ3) is 6.34. The van der Waals surface area contributed by atoms with Crippen molar-refractivity contribution in [3.63, 3.8) is 0 Å². The van der Waals surface area contributed by atoms with Gasteiger partial charge in [0, 0.05) is 31.3 Å². The molecule has 0 unspecified atom stereocenters. The fourth-order valence-corrected chi connectivity index (χ4v) is 3.05. The molecule has 0 atom stereocenters. The van der Waals surface area contributed by atoms with Crippen LogP contribution in [-0.4, -0.2) is 37.3 Å². The highest BCUT2D eigenvalue weighted by Gasteiger charge is 2.19. The summed E-state index contributed by atoms with van der Waals surface area (Å²) < 4.78 is 30.1. The van der Waals surface area contributed by atoms with E-state index in [2.05, 4.69) is 10.6 Å². The summed E-state index contributed by atoms with van der Waals surface area (Å²) in [4.78, 5) is 23.2. The molecule has 2 amide bonds. The Morgan fingerprint density at radius 1 is 1.12 bits per heavy atom. The number of rotatable bonds is 8. The van der Waals surface area contributed by atoms with E-state index in [1.54, 1.807) is 36.4 Å². The SMILES string of the molecule is CC(=O)Nc1cccc(NC(=O)CCN(Cc2ccco2)S(C)(=O)=O)c1. The van der Waals surface area contributed by atoms with Gasteiger partial charge in [0.05, 0.1) is 19.1 Å². The second-order valence-electron chi connectivity index (χ2n) is 5.74. The number of amides is 2. The summed E-state index contributed by atoms with van der Waals surface area (Å²) in [5.41, 5.74) is 1.07. The smallest absolute Gasteiger partial charge is 0.225 e. The van der Waals surface area contributed by atoms with Gasteiger partial charge in [-0.3, -0.25) is 9.59 Å². The van der Waals surface area contributed by atoms with Gasteiger partial charge < -0.3 is 15.1 Å². The van der Waals surface area contributed by atoms with E-state index in [9.17, 15) is 18.0 Å². The first-order valence-corrected chi connectivity index (χ1v) is 9.74. The zero-order chi connectivity index (χ0) is 19.2. The van der Waals surface area contributed by atoms with E-state index < -0.39 is 10.0 Å². The lowest BCUT2D eigenvalue weighted by Crippen LogP contribution is -2.32. The van der Waals surface area contributed by atoms with Gasteiger partial charge >= 0.3 is 0 Å². The predicted octanol–water partition coefficient (Wildman–Crippen LogP) is 2.03. The number of nitrogens with one attached hydrogen (secondary N) is 2. The Bertz CT molecular complexity index is 862. The summed E-state index contributed by atoms with van der Waals surface area (Å²) in [5.74, 6) is -0.0490. The van der Waals surface area contributed by atoms with Crippen LogP contribution in [0.3, 0.4) is 0 Å². The van der Waals surface area contributed by atoms with Gasteiger partial charge in [-0.2, -0.15) is 4.31 Å². The van der Waals surface area contributed by atoms with Crippen LogP contribution in [0.5, 0.6) is 0 Å². The number of carbonyl (C=O) groups excluding carboxylic acids is 2. The van der Waals surface area contributed by atoms with Crippen molar-refractivity contribution in [2.75, 3.05) is 23.4 Å². The Hall–Kier alpha value is -2.65. The molecule has 1 heterocycles. The van der Waals surface area contributed by atoms with E-state index >= 15 is 0 Å². The van der Waals surface area contributed by atoms with Crippen molar-refractivity contribution in [3.8, 4) is 0 Å². The second kappa shape index (κ2) is 8.63. The number of nitrogens with zero attached hydrogens (tertiary/aromatic N) is 1. The fraction of sp³-hybridized carbons (Fsp3) is 0.294. The van der Waals surface area contributed by atoms with Crippen LogP contribution >= 0.6 is 0 Å². The summed E-state index contributed by atoms with van der Waals surface area (Å²) in [7, 11) is -3.48. The molecule has 26 heavy (non-hydrogen) atoms. The maximum Gasteiger partial charge on any atom is 0.225 e. The summed E-state index contributed by atoms with van der Waals surface area (Å²) in [6, 6.07) is 10.0. The van der Waals surface area contributed by atoms with Crippen molar-refractivity contribution >= 4 is 33.2 Å². The minimum absolute atomic E-state index is 0.0157. The Morgan fingerprint density at radius 2 is 1.81 bits per heavy atom. The molecule has 2 rings (SSSR count). The lowest BCUT2D eigenvalue weighted by atomic mass is 10.2. The van der Waals surface area contributed by atoms with Crippen molar-refractivity contribution in [3.05, 3.63) is 48.4 Å². The molecule has 9 heteroatoms. The van der Waals surface area contributed by atoms with Crippen LogP contribution in [0.2, 0.25) is 0 Å². The van der Waals surface area contributed by atoms with E-state index in [0.717, 1.165) is 6.26 Å². The number of hydrogen-bond donors (Lipinski definition) is 2. The largest absolute Gasteiger partial charge is 0.468 e. The highest BCUT2D eigenvalue weighted by molar-refractivity contribution is 7.88. The van der Waals surface area contributed by atoms with Crippen LogP contribution in [0.4, 0.5) is 11.4 Å². The van der Waals surface area contributed by atoms with Gasteiger partial charge in [0.2, 0.25) is 21.8 Å². The molecule has 0 aliphatic rings. The first-order valence-electron chi connectivity index (χ1n) is 7.89. The Kier molecular flexibility index (Phi) is 6.53. The van der Waals surface area contributed by atoms with E-state index in [0.29, 0.717) is 17.1 Å². The molecule has 1 aromatic carbocycles. The molecule has 0 aliphatic heterocycles. The normalized spacial score (nSPS) is 11.3. The van der Waals surface area contributed by atoms with E-state index in [1.165, 1.54) is 17.5 Å². The highest BCUT2D eigenvalue weighted by atomic mass is 32.2. The van der Waals surface area contributed by atoms with Gasteiger partial charge in [-0.05, 0) is 30.3 Å². The van der Waals surface area contributed by atoms with Gasteiger partial charge in [-0.25, -0.2) is 8.42 Å². The molecule has 0 radical (unpaired) electrons. The summed E-state index contributed by atoms with van der Waals surface area (Å²) in [5, 5.41) is 5.31. The van der Waals surface area contributed by atoms with Crippen molar-refractivity contribution < 1.29 is 22.4 Å². The van der Waals surface area contributed by atoms with Crippen LogP contribution in [0.15, 0.2) is 47.1 Å². The number of hydrogen-bond acceptors (Lipinski definition) is 5. The maximum atomic E-state index is 12.1. The molecule has 0 spiro atoms. The average molecular weight is 379 g/mol. The molecule has 140 valence electrons. The quantitative estimate of drug-likeness (QED) is 0.729. The molecule has 1 aromatic heterocycles. The van der Waals surface area contributed by atoms with E-state index in [-0.39, 0.29) is 31.3 Å². The standard InChI is InChI=1S/C17H21N3O5S/c1-13(21)18-14-5-3-6-15(11-14)19-17(22)8-9-20(26(2,23)24)12-16-7-4-10-25-16/h3-7,10-11H,8-9,12H2,1-2H3,(H,18,21)(H,19,22). The number of sulfonamides is 1. The van der Waals surface area contributed by atoms with E-state index in [1.807, 2.05) is 0 Å². The molecule has 0 saturated carbocycles. The van der Waals surface area contributed by atoms with Gasteiger partial charge in [-0.1, -0.05) is 6.07 Å². The summed E-state index contributed by atoms with van der Waals surface area (Å²) in [6.45, 7) is 1.48. The predicted molar refractivity (Wildman–Crippen MR) is 98.0 cm³/mol. The Balaban J connectivity index is 1.94. The van der Waals surface area contributed by atoms with Gasteiger partial charge in [-0.15, -0.1) is 0 Å². The van der Waals surface area contributed by atoms with Crippen LogP contribution in [0, 0.1) is 0 Å². The van der Waals surface area contributed by atoms with Crippen LogP contribution < -0.4 is 10.6 Å².